The van der Waals surface area contributed by atoms with Crippen LogP contribution in [0.15, 0.2) is 95.9 Å². The quantitative estimate of drug-likeness (QED) is 0.191. The number of carbonyl (C=O) groups is 2. The number of amides is 2. The Morgan fingerprint density at radius 2 is 1.38 bits per heavy atom. The number of hydrogen-bond acceptors (Lipinski definition) is 5. The van der Waals surface area contributed by atoms with Crippen molar-refractivity contribution >= 4 is 56.5 Å². The highest BCUT2D eigenvalue weighted by molar-refractivity contribution is 8.00. The highest BCUT2D eigenvalue weighted by Crippen LogP contribution is 2.37. The molecule has 5 aromatic carbocycles. The fourth-order valence-electron chi connectivity index (χ4n) is 4.25. The molecule has 4 N–H and O–H groups in total. The highest BCUT2D eigenvalue weighted by Gasteiger charge is 2.19. The Bertz CT molecular complexity index is 1670. The van der Waals surface area contributed by atoms with Gasteiger partial charge in [0.25, 0.3) is 5.91 Å². The maximum atomic E-state index is 13.1. The molecule has 0 aliphatic carbocycles. The van der Waals surface area contributed by atoms with Crippen molar-refractivity contribution in [1.82, 2.24) is 0 Å². The molecule has 0 bridgehead atoms. The average molecular weight is 509 g/mol. The zero-order valence-electron chi connectivity index (χ0n) is 20.0. The minimum absolute atomic E-state index is 0.0861. The summed E-state index contributed by atoms with van der Waals surface area (Å²) in [6, 6.07) is 26.8. The number of aromatic hydroxyl groups is 2. The van der Waals surface area contributed by atoms with E-state index in [0.717, 1.165) is 16.3 Å². The van der Waals surface area contributed by atoms with Crippen LogP contribution in [0.4, 0.5) is 11.4 Å². The number of nitrogens with one attached hydrogen (secondary N) is 2. The van der Waals surface area contributed by atoms with E-state index in [4.69, 9.17) is 0 Å². The van der Waals surface area contributed by atoms with Crippen LogP contribution in [0.25, 0.3) is 21.5 Å². The normalized spacial score (nSPS) is 10.9. The molecule has 5 aromatic rings. The lowest BCUT2D eigenvalue weighted by Crippen LogP contribution is -2.15. The van der Waals surface area contributed by atoms with Gasteiger partial charge in [0.1, 0.15) is 11.5 Å². The Kier molecular flexibility index (Phi) is 6.70. The largest absolute Gasteiger partial charge is 0.507 e. The number of aryl methyl sites for hydroxylation is 1. The molecule has 7 heteroatoms. The Morgan fingerprint density at radius 1 is 0.730 bits per heavy atom. The minimum Gasteiger partial charge on any atom is -0.507 e. The predicted octanol–water partition coefficient (Wildman–Crippen LogP) is 6.70. The number of carbonyl (C=O) groups excluding carboxylic acids is 2. The average Bonchev–Trinajstić information content (AvgIpc) is 2.90. The molecule has 0 fully saturated rings. The van der Waals surface area contributed by atoms with E-state index < -0.39 is 5.91 Å². The van der Waals surface area contributed by atoms with Gasteiger partial charge >= 0.3 is 0 Å². The van der Waals surface area contributed by atoms with Crippen LogP contribution in [0.1, 0.15) is 15.9 Å². The molecular weight excluding hydrogens is 484 g/mol. The first-order valence-corrected chi connectivity index (χ1v) is 12.7. The standard InChI is InChI=1S/C30H24N2O4S/c1-18-8-2-5-13-24(18)32-30(36)23-16-27(21-9-3-4-10-22(21)29(23)35)37-17-28(34)31-25-14-6-12-20-19(25)11-7-15-26(20)33/h2-16,33,35H,17H2,1H3,(H,31,34)(H,32,36). The smallest absolute Gasteiger partial charge is 0.259 e. The molecule has 0 saturated heterocycles. The lowest BCUT2D eigenvalue weighted by Gasteiger charge is -2.14. The second-order valence-electron chi connectivity index (χ2n) is 8.60. The predicted molar refractivity (Wildman–Crippen MR) is 150 cm³/mol. The van der Waals surface area contributed by atoms with Gasteiger partial charge in [0.15, 0.2) is 0 Å². The van der Waals surface area contributed by atoms with Gasteiger partial charge in [-0.2, -0.15) is 0 Å². The van der Waals surface area contributed by atoms with Crippen molar-refractivity contribution in [3.05, 3.63) is 102 Å². The number of phenols is 2. The van der Waals surface area contributed by atoms with Crippen LogP contribution in [0, 0.1) is 6.92 Å². The van der Waals surface area contributed by atoms with Gasteiger partial charge in [-0.1, -0.05) is 66.7 Å². The number of rotatable bonds is 6. The maximum Gasteiger partial charge on any atom is 0.259 e. The molecule has 0 spiro atoms. The monoisotopic (exact) mass is 508 g/mol. The van der Waals surface area contributed by atoms with Crippen molar-refractivity contribution in [3.63, 3.8) is 0 Å². The molecule has 0 radical (unpaired) electrons. The van der Waals surface area contributed by atoms with Crippen LogP contribution in [-0.2, 0) is 4.79 Å². The molecule has 0 unspecified atom stereocenters. The second kappa shape index (κ2) is 10.2. The first kappa shape index (κ1) is 24.2. The molecular formula is C30H24N2O4S. The highest BCUT2D eigenvalue weighted by atomic mass is 32.2. The van der Waals surface area contributed by atoms with Crippen LogP contribution >= 0.6 is 11.8 Å². The molecule has 184 valence electrons. The summed E-state index contributed by atoms with van der Waals surface area (Å²) >= 11 is 1.28. The molecule has 0 atom stereocenters. The molecule has 6 nitrogen and oxygen atoms in total. The van der Waals surface area contributed by atoms with Gasteiger partial charge in [0, 0.05) is 32.4 Å². The zero-order valence-corrected chi connectivity index (χ0v) is 20.8. The van der Waals surface area contributed by atoms with Gasteiger partial charge in [-0.25, -0.2) is 0 Å². The molecule has 5 rings (SSSR count). The first-order chi connectivity index (χ1) is 17.9. The minimum atomic E-state index is -0.431. The summed E-state index contributed by atoms with van der Waals surface area (Å²) in [7, 11) is 0. The maximum absolute atomic E-state index is 13.1. The summed E-state index contributed by atoms with van der Waals surface area (Å²) in [5.74, 6) is -0.535. The van der Waals surface area contributed by atoms with Gasteiger partial charge in [-0.15, -0.1) is 11.8 Å². The summed E-state index contributed by atoms with van der Waals surface area (Å²) in [5.41, 5.74) is 2.31. The third-order valence-electron chi connectivity index (χ3n) is 6.15. The van der Waals surface area contributed by atoms with Crippen molar-refractivity contribution in [3.8, 4) is 11.5 Å². The van der Waals surface area contributed by atoms with Crippen LogP contribution in [0.2, 0.25) is 0 Å². The number of hydrogen-bond donors (Lipinski definition) is 4. The van der Waals surface area contributed by atoms with Gasteiger partial charge in [0.2, 0.25) is 5.91 Å². The van der Waals surface area contributed by atoms with Gasteiger partial charge in [-0.3, -0.25) is 9.59 Å². The van der Waals surface area contributed by atoms with Gasteiger partial charge in [-0.05, 0) is 42.1 Å². The van der Waals surface area contributed by atoms with Crippen LogP contribution < -0.4 is 10.6 Å². The third kappa shape index (κ3) is 4.94. The van der Waals surface area contributed by atoms with Crippen molar-refractivity contribution < 1.29 is 19.8 Å². The number of phenolic OH excluding ortho intramolecular Hbond substituents is 2. The van der Waals surface area contributed by atoms with Gasteiger partial charge in [0.05, 0.1) is 11.3 Å². The topological polar surface area (TPSA) is 98.7 Å². The lowest BCUT2D eigenvalue weighted by molar-refractivity contribution is -0.113. The van der Waals surface area contributed by atoms with Crippen molar-refractivity contribution in [2.24, 2.45) is 0 Å². The lowest BCUT2D eigenvalue weighted by atomic mass is 10.0. The summed E-state index contributed by atoms with van der Waals surface area (Å²) in [6.45, 7) is 1.90. The molecule has 0 saturated carbocycles. The fraction of sp³-hybridized carbons (Fsp3) is 0.0667. The van der Waals surface area contributed by atoms with Crippen molar-refractivity contribution in [2.45, 2.75) is 11.8 Å². The number of anilines is 2. The molecule has 0 heterocycles. The number of thioether (sulfide) groups is 1. The third-order valence-corrected chi connectivity index (χ3v) is 7.20. The van der Waals surface area contributed by atoms with Crippen LogP contribution in [0.5, 0.6) is 11.5 Å². The summed E-state index contributed by atoms with van der Waals surface area (Å²) in [6.07, 6.45) is 0. The Balaban J connectivity index is 1.41. The number of benzene rings is 5. The summed E-state index contributed by atoms with van der Waals surface area (Å²) < 4.78 is 0. The van der Waals surface area contributed by atoms with E-state index in [0.29, 0.717) is 27.0 Å². The molecule has 0 aliphatic rings. The molecule has 2 amide bonds. The SMILES string of the molecule is Cc1ccccc1NC(=O)c1cc(SCC(=O)Nc2cccc3c(O)cccc23)c2ccccc2c1O. The second-order valence-corrected chi connectivity index (χ2v) is 9.62. The Labute approximate surface area is 218 Å². The molecule has 0 aromatic heterocycles. The fourth-order valence-corrected chi connectivity index (χ4v) is 5.15. The number of fused-ring (bicyclic) bond motifs is 2. The van der Waals surface area contributed by atoms with E-state index in [-0.39, 0.29) is 28.7 Å². The van der Waals surface area contributed by atoms with E-state index in [1.165, 1.54) is 11.8 Å². The van der Waals surface area contributed by atoms with E-state index in [9.17, 15) is 19.8 Å². The van der Waals surface area contributed by atoms with Crippen LogP contribution in [0.3, 0.4) is 0 Å². The number of para-hydroxylation sites is 1. The van der Waals surface area contributed by atoms with E-state index in [1.54, 1.807) is 54.6 Å². The van der Waals surface area contributed by atoms with E-state index in [1.807, 2.05) is 43.3 Å². The summed E-state index contributed by atoms with van der Waals surface area (Å²) in [4.78, 5) is 26.7. The van der Waals surface area contributed by atoms with E-state index in [2.05, 4.69) is 10.6 Å². The molecule has 0 aliphatic heterocycles. The summed E-state index contributed by atoms with van der Waals surface area (Å²) in [5, 5.41) is 29.5. The first-order valence-electron chi connectivity index (χ1n) is 11.7. The zero-order chi connectivity index (χ0) is 25.9. The Hall–Kier alpha value is -4.49. The molecule has 37 heavy (non-hydrogen) atoms. The van der Waals surface area contributed by atoms with Gasteiger partial charge < -0.3 is 20.8 Å². The van der Waals surface area contributed by atoms with Crippen molar-refractivity contribution in [1.29, 1.82) is 0 Å². The van der Waals surface area contributed by atoms with E-state index >= 15 is 0 Å². The van der Waals surface area contributed by atoms with Crippen molar-refractivity contribution in [2.75, 3.05) is 16.4 Å². The van der Waals surface area contributed by atoms with Crippen LogP contribution in [-0.4, -0.2) is 27.8 Å². The Morgan fingerprint density at radius 3 is 2.19 bits per heavy atom.